The zero-order valence-corrected chi connectivity index (χ0v) is 13.1. The molecule has 0 bridgehead atoms. The highest BCUT2D eigenvalue weighted by Crippen LogP contribution is 2.33. The molecule has 1 aliphatic heterocycles. The molecule has 3 rings (SSSR count). The summed E-state index contributed by atoms with van der Waals surface area (Å²) in [6.07, 6.45) is 2.41. The highest BCUT2D eigenvalue weighted by molar-refractivity contribution is 9.10. The minimum atomic E-state index is 0.149. The van der Waals surface area contributed by atoms with Gasteiger partial charge in [0.05, 0.1) is 0 Å². The second-order valence-electron chi connectivity index (χ2n) is 6.06. The van der Waals surface area contributed by atoms with Gasteiger partial charge in [-0.2, -0.15) is 0 Å². The fourth-order valence-electron chi connectivity index (χ4n) is 2.75. The van der Waals surface area contributed by atoms with Crippen LogP contribution in [0.5, 0.6) is 0 Å². The molecule has 3 nitrogen and oxygen atoms in total. The Labute approximate surface area is 123 Å². The van der Waals surface area contributed by atoms with E-state index in [0.717, 1.165) is 32.7 Å². The third-order valence-electron chi connectivity index (χ3n) is 4.31. The van der Waals surface area contributed by atoms with Crippen LogP contribution < -0.4 is 10.6 Å². The fraction of sp³-hybridized carbons (Fsp3) is 0.600. The number of hydrogen-bond acceptors (Lipinski definition) is 3. The summed E-state index contributed by atoms with van der Waals surface area (Å²) in [5.41, 5.74) is 8.99. The Hall–Kier alpha value is -0.580. The molecule has 0 unspecified atom stereocenters. The van der Waals surface area contributed by atoms with Crippen LogP contribution in [0.2, 0.25) is 0 Å². The maximum Gasteiger partial charge on any atom is 0.0370 e. The van der Waals surface area contributed by atoms with Gasteiger partial charge in [0.25, 0.3) is 0 Å². The van der Waals surface area contributed by atoms with Gasteiger partial charge in [0.2, 0.25) is 0 Å². The Morgan fingerprint density at radius 1 is 1.21 bits per heavy atom. The van der Waals surface area contributed by atoms with E-state index >= 15 is 0 Å². The van der Waals surface area contributed by atoms with E-state index in [9.17, 15) is 0 Å². The van der Waals surface area contributed by atoms with Crippen molar-refractivity contribution in [2.75, 3.05) is 37.6 Å². The molecular formula is C15H22BrN3. The van der Waals surface area contributed by atoms with Gasteiger partial charge in [0, 0.05) is 48.4 Å². The predicted octanol–water partition coefficient (Wildman–Crippen LogP) is 2.37. The lowest BCUT2D eigenvalue weighted by Gasteiger charge is -2.37. The van der Waals surface area contributed by atoms with Crippen molar-refractivity contribution in [3.05, 3.63) is 28.2 Å². The predicted molar refractivity (Wildman–Crippen MR) is 83.7 cm³/mol. The smallest absolute Gasteiger partial charge is 0.0370 e. The van der Waals surface area contributed by atoms with Crippen LogP contribution >= 0.6 is 15.9 Å². The fourth-order valence-corrected chi connectivity index (χ4v) is 3.00. The van der Waals surface area contributed by atoms with Crippen molar-refractivity contribution in [3.63, 3.8) is 0 Å². The normalized spacial score (nSPS) is 22.6. The van der Waals surface area contributed by atoms with Gasteiger partial charge in [-0.15, -0.1) is 0 Å². The number of hydrogen-bond donors (Lipinski definition) is 1. The van der Waals surface area contributed by atoms with Crippen LogP contribution in [-0.2, 0) is 0 Å². The maximum absolute atomic E-state index is 6.20. The molecule has 0 aromatic heterocycles. The average Bonchev–Trinajstić information content (AvgIpc) is 3.11. The summed E-state index contributed by atoms with van der Waals surface area (Å²) in [5, 5.41) is 0. The van der Waals surface area contributed by atoms with E-state index in [2.05, 4.69) is 50.9 Å². The summed E-state index contributed by atoms with van der Waals surface area (Å²) in [5.74, 6) is 0. The summed E-state index contributed by atoms with van der Waals surface area (Å²) in [7, 11) is 0. The average molecular weight is 324 g/mol. The van der Waals surface area contributed by atoms with E-state index in [-0.39, 0.29) is 5.54 Å². The Morgan fingerprint density at radius 2 is 1.89 bits per heavy atom. The summed E-state index contributed by atoms with van der Waals surface area (Å²) in [4.78, 5) is 5.00. The van der Waals surface area contributed by atoms with Gasteiger partial charge in [-0.1, -0.05) is 15.9 Å². The van der Waals surface area contributed by atoms with Crippen molar-refractivity contribution in [1.29, 1.82) is 0 Å². The lowest BCUT2D eigenvalue weighted by Crippen LogP contribution is -2.50. The molecule has 104 valence electrons. The van der Waals surface area contributed by atoms with Crippen LogP contribution in [0.1, 0.15) is 18.4 Å². The third kappa shape index (κ3) is 3.12. The minimum Gasteiger partial charge on any atom is -0.369 e. The lowest BCUT2D eigenvalue weighted by molar-refractivity contribution is 0.236. The molecule has 0 spiro atoms. The third-order valence-corrected chi connectivity index (χ3v) is 5.20. The number of aryl methyl sites for hydroxylation is 1. The molecule has 2 fully saturated rings. The first-order valence-corrected chi connectivity index (χ1v) is 7.87. The molecule has 1 saturated carbocycles. The van der Waals surface area contributed by atoms with Gasteiger partial charge < -0.3 is 10.6 Å². The van der Waals surface area contributed by atoms with Crippen molar-refractivity contribution in [1.82, 2.24) is 4.90 Å². The van der Waals surface area contributed by atoms with Gasteiger partial charge in [0.15, 0.2) is 0 Å². The van der Waals surface area contributed by atoms with Crippen molar-refractivity contribution < 1.29 is 0 Å². The Balaban J connectivity index is 1.58. The molecule has 19 heavy (non-hydrogen) atoms. The van der Waals surface area contributed by atoms with Crippen molar-refractivity contribution in [2.45, 2.75) is 25.3 Å². The van der Waals surface area contributed by atoms with Crippen molar-refractivity contribution >= 4 is 21.6 Å². The molecule has 1 aromatic carbocycles. The largest absolute Gasteiger partial charge is 0.369 e. The minimum absolute atomic E-state index is 0.149. The quantitative estimate of drug-likeness (QED) is 0.926. The first-order valence-electron chi connectivity index (χ1n) is 7.08. The summed E-state index contributed by atoms with van der Waals surface area (Å²) >= 11 is 3.56. The Kier molecular flexibility index (Phi) is 3.58. The standard InChI is InChI=1S/C15H22BrN3/c1-12-10-13(2-3-14(12)16)19-8-6-18(7-9-19)11-15(17)4-5-15/h2-3,10H,4-9,11,17H2,1H3. The molecule has 0 atom stereocenters. The highest BCUT2D eigenvalue weighted by Gasteiger charge is 2.40. The SMILES string of the molecule is Cc1cc(N2CCN(CC3(N)CC3)CC2)ccc1Br. The van der Waals surface area contributed by atoms with Gasteiger partial charge in [-0.25, -0.2) is 0 Å². The first kappa shape index (κ1) is 13.4. The highest BCUT2D eigenvalue weighted by atomic mass is 79.9. The van der Waals surface area contributed by atoms with E-state index in [1.165, 1.54) is 28.6 Å². The maximum atomic E-state index is 6.20. The number of rotatable bonds is 3. The summed E-state index contributed by atoms with van der Waals surface area (Å²) < 4.78 is 1.19. The summed E-state index contributed by atoms with van der Waals surface area (Å²) in [6.45, 7) is 7.71. The second kappa shape index (κ2) is 5.08. The molecule has 0 amide bonds. The zero-order valence-electron chi connectivity index (χ0n) is 11.5. The van der Waals surface area contributed by atoms with Crippen LogP contribution in [0, 0.1) is 6.92 Å². The van der Waals surface area contributed by atoms with Gasteiger partial charge in [-0.05, 0) is 43.5 Å². The van der Waals surface area contributed by atoms with Crippen molar-refractivity contribution in [3.8, 4) is 0 Å². The number of benzene rings is 1. The van der Waals surface area contributed by atoms with Crippen LogP contribution in [0.3, 0.4) is 0 Å². The van der Waals surface area contributed by atoms with Gasteiger partial charge >= 0.3 is 0 Å². The van der Waals surface area contributed by atoms with E-state index in [1.54, 1.807) is 0 Å². The molecule has 0 radical (unpaired) electrons. The molecule has 4 heteroatoms. The molecule has 1 heterocycles. The second-order valence-corrected chi connectivity index (χ2v) is 6.91. The van der Waals surface area contributed by atoms with E-state index in [0.29, 0.717) is 0 Å². The Morgan fingerprint density at radius 3 is 2.47 bits per heavy atom. The number of halogens is 1. The number of anilines is 1. The van der Waals surface area contributed by atoms with Crippen LogP contribution in [0.25, 0.3) is 0 Å². The topological polar surface area (TPSA) is 32.5 Å². The summed E-state index contributed by atoms with van der Waals surface area (Å²) in [6, 6.07) is 6.62. The number of piperazine rings is 1. The monoisotopic (exact) mass is 323 g/mol. The lowest BCUT2D eigenvalue weighted by atomic mass is 10.1. The zero-order chi connectivity index (χ0) is 13.5. The van der Waals surface area contributed by atoms with Crippen LogP contribution in [-0.4, -0.2) is 43.2 Å². The molecule has 1 aliphatic carbocycles. The molecular weight excluding hydrogens is 302 g/mol. The van der Waals surface area contributed by atoms with Crippen LogP contribution in [0.15, 0.2) is 22.7 Å². The molecule has 2 N–H and O–H groups in total. The number of nitrogens with two attached hydrogens (primary N) is 1. The molecule has 1 saturated heterocycles. The van der Waals surface area contributed by atoms with Gasteiger partial charge in [-0.3, -0.25) is 4.90 Å². The van der Waals surface area contributed by atoms with Crippen LogP contribution in [0.4, 0.5) is 5.69 Å². The van der Waals surface area contributed by atoms with Crippen molar-refractivity contribution in [2.24, 2.45) is 5.73 Å². The van der Waals surface area contributed by atoms with E-state index in [1.807, 2.05) is 0 Å². The first-order chi connectivity index (χ1) is 9.06. The Bertz CT molecular complexity index is 462. The molecule has 2 aliphatic rings. The molecule has 1 aromatic rings. The van der Waals surface area contributed by atoms with Gasteiger partial charge in [0.1, 0.15) is 0 Å². The number of nitrogens with zero attached hydrogens (tertiary/aromatic N) is 2. The van der Waals surface area contributed by atoms with E-state index in [4.69, 9.17) is 5.73 Å². The van der Waals surface area contributed by atoms with E-state index < -0.39 is 0 Å².